The standard InChI is InChI=1S/C14H20N2O3/c1-16-7-5-10(6-8-16)12-4-3-11(15-14(17)18)9-13(12)19-2/h3-4,9-10,15H,5-8H2,1-2H3,(H,17,18). The highest BCUT2D eigenvalue weighted by atomic mass is 16.5. The SMILES string of the molecule is COc1cc(NC(=O)O)ccc1C1CCN(C)CC1. The predicted molar refractivity (Wildman–Crippen MR) is 74.1 cm³/mol. The van der Waals surface area contributed by atoms with E-state index in [2.05, 4.69) is 17.3 Å². The predicted octanol–water partition coefficient (Wildman–Crippen LogP) is 2.59. The smallest absolute Gasteiger partial charge is 0.409 e. The molecule has 0 unspecified atom stereocenters. The number of hydrogen-bond donors (Lipinski definition) is 2. The van der Waals surface area contributed by atoms with Gasteiger partial charge in [-0.15, -0.1) is 0 Å². The van der Waals surface area contributed by atoms with Gasteiger partial charge >= 0.3 is 6.09 Å². The van der Waals surface area contributed by atoms with E-state index in [0.29, 0.717) is 11.6 Å². The van der Waals surface area contributed by atoms with Crippen molar-refractivity contribution >= 4 is 11.8 Å². The molecule has 1 amide bonds. The minimum atomic E-state index is -1.06. The summed E-state index contributed by atoms with van der Waals surface area (Å²) < 4.78 is 5.40. The molecule has 0 saturated carbocycles. The number of methoxy groups -OCH3 is 1. The molecular formula is C14H20N2O3. The fourth-order valence-electron chi connectivity index (χ4n) is 2.57. The van der Waals surface area contributed by atoms with Crippen LogP contribution in [-0.4, -0.2) is 43.3 Å². The Morgan fingerprint density at radius 2 is 2.11 bits per heavy atom. The maximum absolute atomic E-state index is 10.6. The molecule has 0 aromatic heterocycles. The van der Waals surface area contributed by atoms with Gasteiger partial charge < -0.3 is 14.7 Å². The molecule has 1 heterocycles. The summed E-state index contributed by atoms with van der Waals surface area (Å²) in [6.45, 7) is 2.17. The number of carbonyl (C=O) groups is 1. The van der Waals surface area contributed by atoms with Crippen LogP contribution >= 0.6 is 0 Å². The number of nitrogens with one attached hydrogen (secondary N) is 1. The lowest BCUT2D eigenvalue weighted by Crippen LogP contribution is -2.29. The Bertz CT molecular complexity index is 454. The van der Waals surface area contributed by atoms with Crippen LogP contribution < -0.4 is 10.1 Å². The molecule has 1 aromatic rings. The fraction of sp³-hybridized carbons (Fsp3) is 0.500. The third kappa shape index (κ3) is 3.38. The van der Waals surface area contributed by atoms with Crippen molar-refractivity contribution in [3.8, 4) is 5.75 Å². The van der Waals surface area contributed by atoms with Gasteiger partial charge in [0.15, 0.2) is 0 Å². The normalized spacial score (nSPS) is 17.2. The Kier molecular flexibility index (Phi) is 4.27. The summed E-state index contributed by atoms with van der Waals surface area (Å²) >= 11 is 0. The third-order valence-electron chi connectivity index (χ3n) is 3.64. The van der Waals surface area contributed by atoms with E-state index in [1.54, 1.807) is 19.2 Å². The first-order valence-electron chi connectivity index (χ1n) is 6.46. The van der Waals surface area contributed by atoms with Crippen molar-refractivity contribution in [3.63, 3.8) is 0 Å². The van der Waals surface area contributed by atoms with Gasteiger partial charge in [0, 0.05) is 11.8 Å². The first-order valence-corrected chi connectivity index (χ1v) is 6.46. The van der Waals surface area contributed by atoms with Crippen LogP contribution in [0.15, 0.2) is 18.2 Å². The van der Waals surface area contributed by atoms with E-state index in [4.69, 9.17) is 9.84 Å². The third-order valence-corrected chi connectivity index (χ3v) is 3.64. The van der Waals surface area contributed by atoms with Gasteiger partial charge in [0.05, 0.1) is 7.11 Å². The second-order valence-corrected chi connectivity index (χ2v) is 4.96. The molecule has 19 heavy (non-hydrogen) atoms. The largest absolute Gasteiger partial charge is 0.496 e. The van der Waals surface area contributed by atoms with Crippen LogP contribution in [0.25, 0.3) is 0 Å². The van der Waals surface area contributed by atoms with Crippen molar-refractivity contribution in [3.05, 3.63) is 23.8 Å². The summed E-state index contributed by atoms with van der Waals surface area (Å²) in [6.07, 6.45) is 1.16. The number of hydrogen-bond acceptors (Lipinski definition) is 3. The van der Waals surface area contributed by atoms with Crippen molar-refractivity contribution in [1.29, 1.82) is 0 Å². The lowest BCUT2D eigenvalue weighted by molar-refractivity contribution is 0.209. The maximum Gasteiger partial charge on any atom is 0.409 e. The maximum atomic E-state index is 10.6. The molecule has 5 nitrogen and oxygen atoms in total. The summed E-state index contributed by atoms with van der Waals surface area (Å²) in [6, 6.07) is 5.52. The first-order chi connectivity index (χ1) is 9.10. The Balaban J connectivity index is 2.18. The molecule has 0 radical (unpaired) electrons. The van der Waals surface area contributed by atoms with Gasteiger partial charge in [-0.1, -0.05) is 6.07 Å². The van der Waals surface area contributed by atoms with Gasteiger partial charge in [-0.3, -0.25) is 5.32 Å². The minimum absolute atomic E-state index is 0.491. The second-order valence-electron chi connectivity index (χ2n) is 4.96. The second kappa shape index (κ2) is 5.93. The molecule has 0 aliphatic carbocycles. The molecule has 0 atom stereocenters. The Labute approximate surface area is 113 Å². The van der Waals surface area contributed by atoms with Gasteiger partial charge in [0.25, 0.3) is 0 Å². The zero-order chi connectivity index (χ0) is 13.8. The highest BCUT2D eigenvalue weighted by molar-refractivity contribution is 5.83. The van der Waals surface area contributed by atoms with Crippen molar-refractivity contribution in [2.24, 2.45) is 0 Å². The minimum Gasteiger partial charge on any atom is -0.496 e. The molecule has 0 spiro atoms. The first kappa shape index (κ1) is 13.7. The van der Waals surface area contributed by atoms with Crippen molar-refractivity contribution in [2.45, 2.75) is 18.8 Å². The van der Waals surface area contributed by atoms with Crippen LogP contribution in [0.3, 0.4) is 0 Å². The molecule has 1 aliphatic heterocycles. The number of likely N-dealkylation sites (tertiary alicyclic amines) is 1. The Hall–Kier alpha value is -1.75. The summed E-state index contributed by atoms with van der Waals surface area (Å²) in [5.41, 5.74) is 1.72. The van der Waals surface area contributed by atoms with Crippen LogP contribution in [-0.2, 0) is 0 Å². The average molecular weight is 264 g/mol. The highest BCUT2D eigenvalue weighted by Gasteiger charge is 2.21. The monoisotopic (exact) mass is 264 g/mol. The molecule has 1 aliphatic rings. The molecule has 1 saturated heterocycles. The number of piperidine rings is 1. The van der Waals surface area contributed by atoms with Crippen molar-refractivity contribution in [1.82, 2.24) is 4.90 Å². The van der Waals surface area contributed by atoms with Gasteiger partial charge in [-0.2, -0.15) is 0 Å². The summed E-state index contributed by atoms with van der Waals surface area (Å²) in [7, 11) is 3.76. The topological polar surface area (TPSA) is 61.8 Å². The molecule has 2 N–H and O–H groups in total. The van der Waals surface area contributed by atoms with Gasteiger partial charge in [0.1, 0.15) is 5.75 Å². The molecule has 104 valence electrons. The number of benzene rings is 1. The molecule has 1 aromatic carbocycles. The average Bonchev–Trinajstić information content (AvgIpc) is 2.39. The van der Waals surface area contributed by atoms with Crippen LogP contribution in [0.1, 0.15) is 24.3 Å². The van der Waals surface area contributed by atoms with Crippen molar-refractivity contribution in [2.75, 3.05) is 32.6 Å². The fourth-order valence-corrected chi connectivity index (χ4v) is 2.57. The summed E-state index contributed by atoms with van der Waals surface area (Å²) in [5, 5.41) is 11.1. The lowest BCUT2D eigenvalue weighted by Gasteiger charge is -2.30. The van der Waals surface area contributed by atoms with Crippen LogP contribution in [0, 0.1) is 0 Å². The van der Waals surface area contributed by atoms with Gasteiger partial charge in [0.2, 0.25) is 0 Å². The number of nitrogens with zero attached hydrogens (tertiary/aromatic N) is 1. The van der Waals surface area contributed by atoms with E-state index in [0.717, 1.165) is 31.7 Å². The van der Waals surface area contributed by atoms with E-state index >= 15 is 0 Å². The molecular weight excluding hydrogens is 244 g/mol. The molecule has 0 bridgehead atoms. The number of rotatable bonds is 3. The van der Waals surface area contributed by atoms with E-state index in [1.165, 1.54) is 5.56 Å². The van der Waals surface area contributed by atoms with Crippen LogP contribution in [0.2, 0.25) is 0 Å². The summed E-state index contributed by atoms with van der Waals surface area (Å²) in [4.78, 5) is 13.0. The van der Waals surface area contributed by atoms with Crippen LogP contribution in [0.4, 0.5) is 10.5 Å². The molecule has 5 heteroatoms. The zero-order valence-corrected chi connectivity index (χ0v) is 11.3. The number of anilines is 1. The van der Waals surface area contributed by atoms with Crippen LogP contribution in [0.5, 0.6) is 5.75 Å². The highest BCUT2D eigenvalue weighted by Crippen LogP contribution is 2.35. The Morgan fingerprint density at radius 3 is 2.68 bits per heavy atom. The van der Waals surface area contributed by atoms with E-state index in [1.807, 2.05) is 6.07 Å². The molecule has 2 rings (SSSR count). The van der Waals surface area contributed by atoms with E-state index in [-0.39, 0.29) is 0 Å². The van der Waals surface area contributed by atoms with Gasteiger partial charge in [-0.05, 0) is 50.5 Å². The molecule has 1 fully saturated rings. The van der Waals surface area contributed by atoms with Gasteiger partial charge in [-0.25, -0.2) is 4.79 Å². The quantitative estimate of drug-likeness (QED) is 0.881. The van der Waals surface area contributed by atoms with E-state index < -0.39 is 6.09 Å². The Morgan fingerprint density at radius 1 is 1.42 bits per heavy atom. The summed E-state index contributed by atoms with van der Waals surface area (Å²) in [5.74, 6) is 1.26. The number of carboxylic acid groups (broad SMARTS) is 1. The lowest BCUT2D eigenvalue weighted by atomic mass is 9.89. The zero-order valence-electron chi connectivity index (χ0n) is 11.3. The number of amides is 1. The van der Waals surface area contributed by atoms with Crippen molar-refractivity contribution < 1.29 is 14.6 Å². The number of ether oxygens (including phenoxy) is 1. The van der Waals surface area contributed by atoms with E-state index in [9.17, 15) is 4.79 Å².